The molecule has 0 bridgehead atoms. The summed E-state index contributed by atoms with van der Waals surface area (Å²) in [6, 6.07) is 0. The third-order valence-electron chi connectivity index (χ3n) is 3.92. The predicted molar refractivity (Wildman–Crippen MR) is 83.7 cm³/mol. The highest BCUT2D eigenvalue weighted by Crippen LogP contribution is 2.39. The maximum atomic E-state index is 11.5. The van der Waals surface area contributed by atoms with E-state index < -0.39 is 10.7 Å². The largest absolute Gasteiger partial charge is 0.364 e. The summed E-state index contributed by atoms with van der Waals surface area (Å²) in [5.41, 5.74) is 11.5. The van der Waals surface area contributed by atoms with Crippen LogP contribution in [0.3, 0.4) is 0 Å². The molecule has 0 unspecified atom stereocenters. The molecule has 5 nitrogen and oxygen atoms in total. The molecular weight excluding hydrogens is 311 g/mol. The van der Waals surface area contributed by atoms with Gasteiger partial charge in [0.15, 0.2) is 5.69 Å². The second kappa shape index (κ2) is 5.66. The number of carbonyl (C=O) groups is 1. The first-order chi connectivity index (χ1) is 9.77. The topological polar surface area (TPSA) is 84.7 Å². The first-order valence-electron chi connectivity index (χ1n) is 6.36. The molecule has 0 radical (unpaired) electrons. The van der Waals surface area contributed by atoms with E-state index in [1.807, 2.05) is 27.7 Å². The van der Waals surface area contributed by atoms with Gasteiger partial charge in [0.25, 0.3) is 5.91 Å². The highest BCUT2D eigenvalue weighted by atomic mass is 35.5. The first kappa shape index (κ1) is 15.8. The molecule has 2 aromatic rings. The molecule has 0 saturated heterocycles. The van der Waals surface area contributed by atoms with Crippen molar-refractivity contribution in [1.82, 2.24) is 15.4 Å². The SMILES string of the molecule is Cc1c(C)c(C(Cl)Cl)c(C)c(C)c1-c1n[nH]nc1C(N)=O. The van der Waals surface area contributed by atoms with Gasteiger partial charge in [-0.3, -0.25) is 4.79 Å². The van der Waals surface area contributed by atoms with Crippen LogP contribution in [0.15, 0.2) is 0 Å². The van der Waals surface area contributed by atoms with Crippen molar-refractivity contribution in [1.29, 1.82) is 0 Å². The molecule has 0 spiro atoms. The number of halogens is 2. The number of amides is 1. The standard InChI is InChI=1S/C14H16Cl2N4O/c1-5-7(3)10(13(15)16)8(4)6(2)9(5)11-12(14(17)21)19-20-18-11/h13H,1-4H3,(H2,17,21)(H,18,19,20). The third-order valence-corrected chi connectivity index (χ3v) is 4.36. The van der Waals surface area contributed by atoms with Crippen molar-refractivity contribution >= 4 is 29.1 Å². The lowest BCUT2D eigenvalue weighted by molar-refractivity contribution is 0.0996. The minimum absolute atomic E-state index is 0.126. The fourth-order valence-corrected chi connectivity index (χ4v) is 3.26. The zero-order valence-corrected chi connectivity index (χ0v) is 13.7. The molecule has 2 rings (SSSR count). The molecule has 0 aliphatic rings. The average Bonchev–Trinajstić information content (AvgIpc) is 2.86. The number of hydrogen-bond acceptors (Lipinski definition) is 3. The van der Waals surface area contributed by atoms with Crippen LogP contribution in [-0.4, -0.2) is 21.3 Å². The van der Waals surface area contributed by atoms with Gasteiger partial charge in [-0.1, -0.05) is 0 Å². The van der Waals surface area contributed by atoms with Gasteiger partial charge in [-0.25, -0.2) is 0 Å². The summed E-state index contributed by atoms with van der Waals surface area (Å²) in [6.45, 7) is 7.78. The van der Waals surface area contributed by atoms with Crippen LogP contribution in [0, 0.1) is 27.7 Å². The molecule has 0 atom stereocenters. The molecule has 7 heteroatoms. The number of H-pyrrole nitrogens is 1. The van der Waals surface area contributed by atoms with Crippen molar-refractivity contribution in [2.75, 3.05) is 0 Å². The number of nitrogens with two attached hydrogens (primary N) is 1. The van der Waals surface area contributed by atoms with Gasteiger partial charge >= 0.3 is 0 Å². The number of nitrogens with zero attached hydrogens (tertiary/aromatic N) is 2. The average molecular weight is 327 g/mol. The van der Waals surface area contributed by atoms with E-state index in [9.17, 15) is 4.79 Å². The Morgan fingerprint density at radius 1 is 1.05 bits per heavy atom. The summed E-state index contributed by atoms with van der Waals surface area (Å²) in [4.78, 5) is 10.9. The Kier molecular flexibility index (Phi) is 4.25. The molecule has 0 fully saturated rings. The van der Waals surface area contributed by atoms with Gasteiger partial charge in [-0.15, -0.1) is 23.2 Å². The Balaban J connectivity index is 2.83. The van der Waals surface area contributed by atoms with E-state index in [2.05, 4.69) is 15.4 Å². The summed E-state index contributed by atoms with van der Waals surface area (Å²) in [5, 5.41) is 10.4. The highest BCUT2D eigenvalue weighted by Gasteiger charge is 2.24. The lowest BCUT2D eigenvalue weighted by Crippen LogP contribution is -2.13. The van der Waals surface area contributed by atoms with Crippen LogP contribution in [0.4, 0.5) is 0 Å². The predicted octanol–water partition coefficient (Wildman–Crippen LogP) is 3.28. The van der Waals surface area contributed by atoms with Crippen molar-refractivity contribution in [2.24, 2.45) is 5.73 Å². The number of benzene rings is 1. The Morgan fingerprint density at radius 2 is 1.57 bits per heavy atom. The Hall–Kier alpha value is -1.59. The lowest BCUT2D eigenvalue weighted by Gasteiger charge is -2.20. The molecule has 112 valence electrons. The van der Waals surface area contributed by atoms with Crippen molar-refractivity contribution in [3.8, 4) is 11.3 Å². The van der Waals surface area contributed by atoms with E-state index >= 15 is 0 Å². The smallest absolute Gasteiger partial charge is 0.271 e. The van der Waals surface area contributed by atoms with Crippen molar-refractivity contribution in [2.45, 2.75) is 32.5 Å². The number of nitrogens with one attached hydrogen (secondary N) is 1. The number of aromatic nitrogens is 3. The number of rotatable bonds is 3. The second-order valence-corrected chi connectivity index (χ2v) is 6.07. The summed E-state index contributed by atoms with van der Waals surface area (Å²) in [5.74, 6) is -0.621. The Labute approximate surface area is 132 Å². The molecule has 21 heavy (non-hydrogen) atoms. The van der Waals surface area contributed by atoms with E-state index in [4.69, 9.17) is 28.9 Å². The summed E-state index contributed by atoms with van der Waals surface area (Å²) >= 11 is 12.1. The normalized spacial score (nSPS) is 11.2. The van der Waals surface area contributed by atoms with Crippen LogP contribution in [0.1, 0.15) is 43.1 Å². The number of carbonyl (C=O) groups excluding carboxylic acids is 1. The van der Waals surface area contributed by atoms with Gasteiger partial charge in [-0.05, 0) is 55.5 Å². The molecule has 1 amide bonds. The maximum absolute atomic E-state index is 11.5. The molecule has 0 saturated carbocycles. The second-order valence-electron chi connectivity index (χ2n) is 4.97. The van der Waals surface area contributed by atoms with Gasteiger partial charge in [0.2, 0.25) is 0 Å². The van der Waals surface area contributed by atoms with Gasteiger partial charge in [0.05, 0.1) is 0 Å². The summed E-state index contributed by atoms with van der Waals surface area (Å²) in [7, 11) is 0. The van der Waals surface area contributed by atoms with Crippen LogP contribution in [0.25, 0.3) is 11.3 Å². The van der Waals surface area contributed by atoms with Crippen LogP contribution < -0.4 is 5.73 Å². The van der Waals surface area contributed by atoms with E-state index in [1.54, 1.807) is 0 Å². The van der Waals surface area contributed by atoms with Crippen LogP contribution in [0.2, 0.25) is 0 Å². The fraction of sp³-hybridized carbons (Fsp3) is 0.357. The van der Waals surface area contributed by atoms with Gasteiger partial charge in [0.1, 0.15) is 10.5 Å². The van der Waals surface area contributed by atoms with Crippen molar-refractivity contribution in [3.63, 3.8) is 0 Å². The van der Waals surface area contributed by atoms with Crippen LogP contribution >= 0.6 is 23.2 Å². The molecule has 3 N–H and O–H groups in total. The third kappa shape index (κ3) is 2.51. The van der Waals surface area contributed by atoms with Gasteiger partial charge in [-0.2, -0.15) is 15.4 Å². The zero-order valence-electron chi connectivity index (χ0n) is 12.2. The van der Waals surface area contributed by atoms with E-state index in [0.717, 1.165) is 33.4 Å². The zero-order chi connectivity index (χ0) is 15.9. The monoisotopic (exact) mass is 326 g/mol. The lowest BCUT2D eigenvalue weighted by atomic mass is 9.87. The number of alkyl halides is 2. The van der Waals surface area contributed by atoms with E-state index in [-0.39, 0.29) is 5.69 Å². The summed E-state index contributed by atoms with van der Waals surface area (Å²) in [6.07, 6.45) is 0. The van der Waals surface area contributed by atoms with Crippen molar-refractivity contribution in [3.05, 3.63) is 33.5 Å². The van der Waals surface area contributed by atoms with Gasteiger partial charge in [0, 0.05) is 5.56 Å². The van der Waals surface area contributed by atoms with E-state index in [1.165, 1.54) is 0 Å². The minimum atomic E-state index is -0.621. The molecule has 1 aromatic heterocycles. The molecule has 0 aliphatic heterocycles. The number of aromatic amines is 1. The van der Waals surface area contributed by atoms with Crippen LogP contribution in [0.5, 0.6) is 0 Å². The fourth-order valence-electron chi connectivity index (χ4n) is 2.60. The number of hydrogen-bond donors (Lipinski definition) is 2. The summed E-state index contributed by atoms with van der Waals surface area (Å²) < 4.78 is 0. The van der Waals surface area contributed by atoms with E-state index in [0.29, 0.717) is 5.69 Å². The molecule has 0 aliphatic carbocycles. The van der Waals surface area contributed by atoms with Crippen LogP contribution in [-0.2, 0) is 0 Å². The first-order valence-corrected chi connectivity index (χ1v) is 7.24. The maximum Gasteiger partial charge on any atom is 0.271 e. The quantitative estimate of drug-likeness (QED) is 0.849. The Bertz CT molecular complexity index is 693. The molecule has 1 aromatic carbocycles. The van der Waals surface area contributed by atoms with Gasteiger partial charge < -0.3 is 5.73 Å². The molecule has 1 heterocycles. The van der Waals surface area contributed by atoms with Crippen molar-refractivity contribution < 1.29 is 4.79 Å². The number of primary amides is 1. The Morgan fingerprint density at radius 3 is 2.00 bits per heavy atom. The molecular formula is C14H16Cl2N4O. The highest BCUT2D eigenvalue weighted by molar-refractivity contribution is 6.44. The minimum Gasteiger partial charge on any atom is -0.364 e.